The average molecular weight is 307 g/mol. The molecule has 0 aliphatic rings. The number of hydrogen-bond acceptors (Lipinski definition) is 2. The number of benzene rings is 2. The van der Waals surface area contributed by atoms with Crippen molar-refractivity contribution in [2.45, 2.75) is 12.8 Å². The maximum Gasteiger partial charge on any atom is 0.252 e. The molecule has 2 nitrogen and oxygen atoms in total. The average Bonchev–Trinajstić information content (AvgIpc) is 2.46. The van der Waals surface area contributed by atoms with Crippen molar-refractivity contribution in [1.29, 1.82) is 0 Å². The smallest absolute Gasteiger partial charge is 0.252 e. The molecule has 0 aliphatic carbocycles. The lowest BCUT2D eigenvalue weighted by Crippen LogP contribution is -1.98. The predicted octanol–water partition coefficient (Wildman–Crippen LogP) is 4.60. The summed E-state index contributed by atoms with van der Waals surface area (Å²) in [7, 11) is 0. The Morgan fingerprint density at radius 1 is 0.750 bits per heavy atom. The molecule has 0 amide bonds. The Balaban J connectivity index is 2.24. The van der Waals surface area contributed by atoms with E-state index in [2.05, 4.69) is 6.92 Å². The summed E-state index contributed by atoms with van der Waals surface area (Å²) in [4.78, 5) is 22.0. The zero-order valence-electron chi connectivity index (χ0n) is 10.8. The fourth-order valence-corrected chi connectivity index (χ4v) is 2.25. The van der Waals surface area contributed by atoms with E-state index in [9.17, 15) is 9.59 Å². The van der Waals surface area contributed by atoms with Gasteiger partial charge in [0, 0.05) is 17.0 Å². The highest BCUT2D eigenvalue weighted by Crippen LogP contribution is 2.25. The minimum Gasteiger partial charge on any atom is -0.276 e. The molecule has 4 heteroatoms. The molecule has 0 radical (unpaired) electrons. The first kappa shape index (κ1) is 14.8. The fraction of sp³-hybridized carbons (Fsp3) is 0.125. The molecule has 0 atom stereocenters. The van der Waals surface area contributed by atoms with Crippen molar-refractivity contribution in [3.8, 4) is 0 Å². The summed E-state index contributed by atoms with van der Waals surface area (Å²) in [6.45, 7) is 2.05. The van der Waals surface area contributed by atoms with Crippen LogP contribution in [0, 0.1) is 0 Å². The number of carbonyl (C=O) groups is 2. The summed E-state index contributed by atoms with van der Waals surface area (Å²) in [5.74, 6) is 0.147. The van der Waals surface area contributed by atoms with Gasteiger partial charge in [-0.25, -0.2) is 0 Å². The largest absolute Gasteiger partial charge is 0.276 e. The summed E-state index contributed by atoms with van der Waals surface area (Å²) < 4.78 is 0. The first-order valence-corrected chi connectivity index (χ1v) is 6.84. The Bertz CT molecular complexity index is 573. The van der Waals surface area contributed by atoms with Crippen LogP contribution in [0.15, 0.2) is 48.5 Å². The van der Waals surface area contributed by atoms with E-state index in [1.54, 1.807) is 24.3 Å². The molecule has 20 heavy (non-hydrogen) atoms. The van der Waals surface area contributed by atoms with Gasteiger partial charge in [0.1, 0.15) is 0 Å². The highest BCUT2D eigenvalue weighted by molar-refractivity contribution is 6.68. The van der Waals surface area contributed by atoms with Gasteiger partial charge in [0.05, 0.1) is 0 Å². The summed E-state index contributed by atoms with van der Waals surface area (Å²) in [6.07, 6.45) is 0. The van der Waals surface area contributed by atoms with Crippen molar-refractivity contribution >= 4 is 33.7 Å². The molecule has 102 valence electrons. The predicted molar refractivity (Wildman–Crippen MR) is 80.8 cm³/mol. The summed E-state index contributed by atoms with van der Waals surface area (Å²) in [6, 6.07) is 14.3. The van der Waals surface area contributed by atoms with Crippen LogP contribution in [0.25, 0.3) is 0 Å². The Labute approximate surface area is 127 Å². The molecule has 0 aliphatic heterocycles. The van der Waals surface area contributed by atoms with Crippen LogP contribution in [0.2, 0.25) is 0 Å². The third kappa shape index (κ3) is 3.27. The van der Waals surface area contributed by atoms with E-state index in [0.717, 1.165) is 11.1 Å². The lowest BCUT2D eigenvalue weighted by atomic mass is 9.92. The van der Waals surface area contributed by atoms with Crippen molar-refractivity contribution in [3.63, 3.8) is 0 Å². The molecule has 0 saturated heterocycles. The monoisotopic (exact) mass is 306 g/mol. The molecule has 2 rings (SSSR count). The van der Waals surface area contributed by atoms with Gasteiger partial charge in [0.15, 0.2) is 0 Å². The van der Waals surface area contributed by atoms with E-state index in [4.69, 9.17) is 23.2 Å². The molecule has 0 N–H and O–H groups in total. The first-order chi connectivity index (χ1) is 9.49. The maximum absolute atomic E-state index is 11.0. The molecule has 0 saturated carbocycles. The van der Waals surface area contributed by atoms with Gasteiger partial charge in [-0.05, 0) is 58.6 Å². The van der Waals surface area contributed by atoms with Crippen LogP contribution in [0.4, 0.5) is 0 Å². The molecule has 2 aromatic carbocycles. The van der Waals surface area contributed by atoms with Crippen LogP contribution in [0.3, 0.4) is 0 Å². The number of rotatable bonds is 4. The lowest BCUT2D eigenvalue weighted by molar-refractivity contribution is 0.107. The molecular formula is C16H12Cl2O2. The van der Waals surface area contributed by atoms with E-state index in [1.807, 2.05) is 24.3 Å². The van der Waals surface area contributed by atoms with E-state index >= 15 is 0 Å². The summed E-state index contributed by atoms with van der Waals surface area (Å²) in [5, 5.41) is -0.927. The van der Waals surface area contributed by atoms with Gasteiger partial charge in [-0.1, -0.05) is 31.2 Å². The second-order valence-electron chi connectivity index (χ2n) is 4.51. The SMILES string of the molecule is CC(c1ccc(C(=O)Cl)cc1)c1ccc(C(=O)Cl)cc1. The van der Waals surface area contributed by atoms with E-state index < -0.39 is 10.5 Å². The second-order valence-corrected chi connectivity index (χ2v) is 5.20. The van der Waals surface area contributed by atoms with Gasteiger partial charge in [0.2, 0.25) is 0 Å². The molecule has 0 bridgehead atoms. The van der Waals surface area contributed by atoms with Crippen molar-refractivity contribution in [2.75, 3.05) is 0 Å². The van der Waals surface area contributed by atoms with Crippen molar-refractivity contribution < 1.29 is 9.59 Å². The van der Waals surface area contributed by atoms with Gasteiger partial charge in [-0.3, -0.25) is 9.59 Å². The van der Waals surface area contributed by atoms with Gasteiger partial charge in [-0.2, -0.15) is 0 Å². The van der Waals surface area contributed by atoms with Crippen LogP contribution in [0.5, 0.6) is 0 Å². The molecule has 0 fully saturated rings. The minimum absolute atomic E-state index is 0.147. The maximum atomic E-state index is 11.0. The van der Waals surface area contributed by atoms with Gasteiger partial charge in [0.25, 0.3) is 10.5 Å². The Morgan fingerprint density at radius 2 is 1.05 bits per heavy atom. The van der Waals surface area contributed by atoms with Crippen LogP contribution in [-0.4, -0.2) is 10.5 Å². The highest BCUT2D eigenvalue weighted by Gasteiger charge is 2.10. The Kier molecular flexibility index (Phi) is 4.58. The minimum atomic E-state index is -0.464. The van der Waals surface area contributed by atoms with Crippen molar-refractivity contribution in [3.05, 3.63) is 70.8 Å². The zero-order valence-corrected chi connectivity index (χ0v) is 12.3. The second kappa shape index (κ2) is 6.21. The summed E-state index contributed by atoms with van der Waals surface area (Å²) >= 11 is 10.8. The molecule has 0 heterocycles. The Morgan fingerprint density at radius 3 is 1.30 bits per heavy atom. The van der Waals surface area contributed by atoms with Crippen LogP contribution in [-0.2, 0) is 0 Å². The third-order valence-corrected chi connectivity index (χ3v) is 3.71. The molecular weight excluding hydrogens is 295 g/mol. The van der Waals surface area contributed by atoms with Crippen LogP contribution >= 0.6 is 23.2 Å². The topological polar surface area (TPSA) is 34.1 Å². The zero-order chi connectivity index (χ0) is 14.7. The Hall–Kier alpha value is -1.64. The normalized spacial score (nSPS) is 10.6. The standard InChI is InChI=1S/C16H12Cl2O2/c1-10(11-2-6-13(7-3-11)15(17)19)12-4-8-14(9-5-12)16(18)20/h2-10H,1H3. The van der Waals surface area contributed by atoms with Gasteiger partial charge < -0.3 is 0 Å². The number of halogens is 2. The molecule has 2 aromatic rings. The van der Waals surface area contributed by atoms with Crippen LogP contribution < -0.4 is 0 Å². The van der Waals surface area contributed by atoms with E-state index in [0.29, 0.717) is 11.1 Å². The first-order valence-electron chi connectivity index (χ1n) is 6.08. The fourth-order valence-electron chi connectivity index (χ4n) is 2.00. The highest BCUT2D eigenvalue weighted by atomic mass is 35.5. The quantitative estimate of drug-likeness (QED) is 0.774. The van der Waals surface area contributed by atoms with E-state index in [1.165, 1.54) is 0 Å². The third-order valence-electron chi connectivity index (χ3n) is 3.28. The number of hydrogen-bond donors (Lipinski definition) is 0. The molecule has 0 unspecified atom stereocenters. The van der Waals surface area contributed by atoms with Gasteiger partial charge in [-0.15, -0.1) is 0 Å². The lowest BCUT2D eigenvalue weighted by Gasteiger charge is -2.13. The van der Waals surface area contributed by atoms with Crippen LogP contribution in [0.1, 0.15) is 44.7 Å². The summed E-state index contributed by atoms with van der Waals surface area (Å²) in [5.41, 5.74) is 3.09. The van der Waals surface area contributed by atoms with Gasteiger partial charge >= 0.3 is 0 Å². The molecule has 0 spiro atoms. The van der Waals surface area contributed by atoms with E-state index in [-0.39, 0.29) is 5.92 Å². The van der Waals surface area contributed by atoms with Crippen molar-refractivity contribution in [2.24, 2.45) is 0 Å². The molecule has 0 aromatic heterocycles. The van der Waals surface area contributed by atoms with Crippen molar-refractivity contribution in [1.82, 2.24) is 0 Å². The number of carbonyl (C=O) groups excluding carboxylic acids is 2.